The van der Waals surface area contributed by atoms with E-state index >= 15 is 0 Å². The number of hydrogen-bond acceptors (Lipinski definition) is 5. The standard InChI is InChI=1S/C14H16O5/c1-17-13(15)11-7-8-12(19-11)14(16)18-9-10-5-3-2-4-6-10/h2-6,11-12H,7-9H2,1H3. The second-order valence-electron chi connectivity index (χ2n) is 4.31. The van der Waals surface area contributed by atoms with E-state index in [1.54, 1.807) is 0 Å². The van der Waals surface area contributed by atoms with E-state index in [1.807, 2.05) is 30.3 Å². The van der Waals surface area contributed by atoms with E-state index in [2.05, 4.69) is 4.74 Å². The number of benzene rings is 1. The first-order valence-corrected chi connectivity index (χ1v) is 6.14. The quantitative estimate of drug-likeness (QED) is 0.770. The lowest BCUT2D eigenvalue weighted by Gasteiger charge is -2.11. The fraction of sp³-hybridized carbons (Fsp3) is 0.429. The van der Waals surface area contributed by atoms with Crippen molar-refractivity contribution in [3.63, 3.8) is 0 Å². The second kappa shape index (κ2) is 6.33. The van der Waals surface area contributed by atoms with Gasteiger partial charge in [0, 0.05) is 0 Å². The van der Waals surface area contributed by atoms with E-state index in [9.17, 15) is 9.59 Å². The van der Waals surface area contributed by atoms with Gasteiger partial charge in [-0.3, -0.25) is 0 Å². The van der Waals surface area contributed by atoms with Crippen LogP contribution in [0.15, 0.2) is 30.3 Å². The van der Waals surface area contributed by atoms with Crippen LogP contribution in [0.1, 0.15) is 18.4 Å². The Hall–Kier alpha value is -1.88. The van der Waals surface area contributed by atoms with Gasteiger partial charge in [-0.15, -0.1) is 0 Å². The molecule has 5 heteroatoms. The molecule has 0 radical (unpaired) electrons. The van der Waals surface area contributed by atoms with E-state index in [-0.39, 0.29) is 6.61 Å². The third-order valence-electron chi connectivity index (χ3n) is 2.97. The van der Waals surface area contributed by atoms with Gasteiger partial charge in [0.15, 0.2) is 12.2 Å². The summed E-state index contributed by atoms with van der Waals surface area (Å²) in [7, 11) is 1.30. The lowest BCUT2D eigenvalue weighted by Crippen LogP contribution is -2.27. The van der Waals surface area contributed by atoms with Crippen LogP contribution < -0.4 is 0 Å². The zero-order valence-corrected chi connectivity index (χ0v) is 10.7. The molecule has 1 aliphatic rings. The molecule has 2 atom stereocenters. The minimum Gasteiger partial charge on any atom is -0.467 e. The highest BCUT2D eigenvalue weighted by atomic mass is 16.6. The molecule has 0 saturated carbocycles. The summed E-state index contributed by atoms with van der Waals surface area (Å²) in [4.78, 5) is 23.0. The normalized spacial score (nSPS) is 21.9. The predicted molar refractivity (Wildman–Crippen MR) is 66.1 cm³/mol. The average Bonchev–Trinajstić information content (AvgIpc) is 2.95. The van der Waals surface area contributed by atoms with Crippen molar-refractivity contribution < 1.29 is 23.8 Å². The van der Waals surface area contributed by atoms with Gasteiger partial charge in [-0.05, 0) is 18.4 Å². The lowest BCUT2D eigenvalue weighted by molar-refractivity contribution is -0.164. The van der Waals surface area contributed by atoms with Crippen LogP contribution in [0.4, 0.5) is 0 Å². The van der Waals surface area contributed by atoms with E-state index in [0.717, 1.165) is 5.56 Å². The molecule has 1 aromatic rings. The molecule has 2 rings (SSSR count). The largest absolute Gasteiger partial charge is 0.467 e. The Morgan fingerprint density at radius 1 is 1.16 bits per heavy atom. The highest BCUT2D eigenvalue weighted by Gasteiger charge is 2.36. The van der Waals surface area contributed by atoms with Gasteiger partial charge in [0.2, 0.25) is 0 Å². The number of methoxy groups -OCH3 is 1. The first-order valence-electron chi connectivity index (χ1n) is 6.14. The highest BCUT2D eigenvalue weighted by molar-refractivity contribution is 5.79. The summed E-state index contributed by atoms with van der Waals surface area (Å²) in [6.07, 6.45) is -0.363. The summed E-state index contributed by atoms with van der Waals surface area (Å²) in [6.45, 7) is 0.211. The summed E-state index contributed by atoms with van der Waals surface area (Å²) in [5, 5.41) is 0. The van der Waals surface area contributed by atoms with E-state index < -0.39 is 24.1 Å². The maximum absolute atomic E-state index is 11.8. The monoisotopic (exact) mass is 264 g/mol. The Kier molecular flexibility index (Phi) is 4.52. The molecule has 2 unspecified atom stereocenters. The van der Waals surface area contributed by atoms with Gasteiger partial charge < -0.3 is 14.2 Å². The van der Waals surface area contributed by atoms with Gasteiger partial charge >= 0.3 is 11.9 Å². The fourth-order valence-corrected chi connectivity index (χ4v) is 1.94. The van der Waals surface area contributed by atoms with E-state index in [4.69, 9.17) is 9.47 Å². The molecule has 0 amide bonds. The molecular weight excluding hydrogens is 248 g/mol. The molecule has 1 aliphatic heterocycles. The number of carbonyl (C=O) groups is 2. The van der Waals surface area contributed by atoms with Crippen molar-refractivity contribution in [3.05, 3.63) is 35.9 Å². The molecule has 0 aliphatic carbocycles. The van der Waals surface area contributed by atoms with Crippen LogP contribution in [0, 0.1) is 0 Å². The van der Waals surface area contributed by atoms with Crippen LogP contribution in [0.25, 0.3) is 0 Å². The highest BCUT2D eigenvalue weighted by Crippen LogP contribution is 2.22. The van der Waals surface area contributed by atoms with Gasteiger partial charge in [-0.25, -0.2) is 9.59 Å². The first kappa shape index (κ1) is 13.5. The molecule has 0 aromatic heterocycles. The number of ether oxygens (including phenoxy) is 3. The minimum absolute atomic E-state index is 0.211. The van der Waals surface area contributed by atoms with Crippen molar-refractivity contribution in [2.45, 2.75) is 31.7 Å². The SMILES string of the molecule is COC(=O)C1CCC(C(=O)OCc2ccccc2)O1. The fourth-order valence-electron chi connectivity index (χ4n) is 1.94. The maximum Gasteiger partial charge on any atom is 0.335 e. The van der Waals surface area contributed by atoms with Crippen molar-refractivity contribution in [2.24, 2.45) is 0 Å². The number of rotatable bonds is 4. The molecule has 102 valence electrons. The number of esters is 2. The zero-order valence-electron chi connectivity index (χ0n) is 10.7. The van der Waals surface area contributed by atoms with Gasteiger partial charge in [-0.1, -0.05) is 30.3 Å². The molecule has 1 saturated heterocycles. The second-order valence-corrected chi connectivity index (χ2v) is 4.31. The Morgan fingerprint density at radius 3 is 2.42 bits per heavy atom. The third kappa shape index (κ3) is 3.54. The van der Waals surface area contributed by atoms with Crippen LogP contribution in [0.2, 0.25) is 0 Å². The molecule has 0 bridgehead atoms. The van der Waals surface area contributed by atoms with Crippen molar-refractivity contribution in [3.8, 4) is 0 Å². The summed E-state index contributed by atoms with van der Waals surface area (Å²) in [5.74, 6) is -0.881. The van der Waals surface area contributed by atoms with E-state index in [1.165, 1.54) is 7.11 Å². The van der Waals surface area contributed by atoms with Gasteiger partial charge in [0.05, 0.1) is 7.11 Å². The molecule has 1 heterocycles. The molecule has 0 N–H and O–H groups in total. The van der Waals surface area contributed by atoms with E-state index in [0.29, 0.717) is 12.8 Å². The molecule has 19 heavy (non-hydrogen) atoms. The molecular formula is C14H16O5. The van der Waals surface area contributed by atoms with Crippen LogP contribution in [0.3, 0.4) is 0 Å². The van der Waals surface area contributed by atoms with Crippen molar-refractivity contribution in [1.82, 2.24) is 0 Å². The summed E-state index contributed by atoms with van der Waals surface area (Å²) in [5.41, 5.74) is 0.915. The van der Waals surface area contributed by atoms with Crippen molar-refractivity contribution >= 4 is 11.9 Å². The Bertz CT molecular complexity index is 442. The summed E-state index contributed by atoms with van der Waals surface area (Å²) < 4.78 is 15.0. The van der Waals surface area contributed by atoms with Crippen LogP contribution >= 0.6 is 0 Å². The number of carbonyl (C=O) groups excluding carboxylic acids is 2. The first-order chi connectivity index (χ1) is 9.20. The van der Waals surface area contributed by atoms with Crippen molar-refractivity contribution in [2.75, 3.05) is 7.11 Å². The Balaban J connectivity index is 1.80. The predicted octanol–water partition coefficient (Wildman–Crippen LogP) is 1.45. The Morgan fingerprint density at radius 2 is 1.79 bits per heavy atom. The molecule has 1 fully saturated rings. The maximum atomic E-state index is 11.8. The number of hydrogen-bond donors (Lipinski definition) is 0. The summed E-state index contributed by atoms with van der Waals surface area (Å²) in [6, 6.07) is 9.40. The van der Waals surface area contributed by atoms with Crippen LogP contribution in [0.5, 0.6) is 0 Å². The lowest BCUT2D eigenvalue weighted by atomic mass is 10.2. The summed E-state index contributed by atoms with van der Waals surface area (Å²) >= 11 is 0. The van der Waals surface area contributed by atoms with Crippen molar-refractivity contribution in [1.29, 1.82) is 0 Å². The third-order valence-corrected chi connectivity index (χ3v) is 2.97. The van der Waals surface area contributed by atoms with Crippen LogP contribution in [-0.2, 0) is 30.4 Å². The Labute approximate surface area is 111 Å². The smallest absolute Gasteiger partial charge is 0.335 e. The molecule has 0 spiro atoms. The van der Waals surface area contributed by atoms with Gasteiger partial charge in [0.25, 0.3) is 0 Å². The topological polar surface area (TPSA) is 61.8 Å². The average molecular weight is 264 g/mol. The molecule has 1 aromatic carbocycles. The van der Waals surface area contributed by atoms with Gasteiger partial charge in [0.1, 0.15) is 6.61 Å². The zero-order chi connectivity index (χ0) is 13.7. The minimum atomic E-state index is -0.673. The van der Waals surface area contributed by atoms with Crippen LogP contribution in [-0.4, -0.2) is 31.3 Å². The van der Waals surface area contributed by atoms with Gasteiger partial charge in [-0.2, -0.15) is 0 Å². The molecule has 5 nitrogen and oxygen atoms in total.